The van der Waals surface area contributed by atoms with Crippen LogP contribution < -0.4 is 0 Å². The first kappa shape index (κ1) is 19.6. The van der Waals surface area contributed by atoms with Crippen molar-refractivity contribution in [2.24, 2.45) is 5.92 Å². The van der Waals surface area contributed by atoms with Gasteiger partial charge in [0.05, 0.1) is 6.54 Å². The molecule has 0 aromatic heterocycles. The van der Waals surface area contributed by atoms with Gasteiger partial charge in [0.25, 0.3) is 11.8 Å². The first-order valence-electron chi connectivity index (χ1n) is 10.8. The van der Waals surface area contributed by atoms with Crippen molar-refractivity contribution in [3.63, 3.8) is 0 Å². The molecule has 0 radical (unpaired) electrons. The number of ketones is 1. The van der Waals surface area contributed by atoms with E-state index >= 15 is 0 Å². The lowest BCUT2D eigenvalue weighted by Gasteiger charge is -2.35. The Hall–Kier alpha value is -3.31. The van der Waals surface area contributed by atoms with E-state index in [1.807, 2.05) is 66.7 Å². The number of carbonyl (C=O) groups excluding carboxylic acids is 3. The van der Waals surface area contributed by atoms with Crippen LogP contribution in [0.2, 0.25) is 0 Å². The molecule has 0 N–H and O–H groups in total. The number of rotatable bonds is 5. The van der Waals surface area contributed by atoms with Crippen LogP contribution in [-0.2, 0) is 0 Å². The van der Waals surface area contributed by atoms with Gasteiger partial charge in [0.15, 0.2) is 5.78 Å². The molecule has 31 heavy (non-hydrogen) atoms. The SMILES string of the molecule is O=C(CN1CCC(CN2C(=O)c3cccc4cccc(c34)C2=O)CC1)c1ccccc1. The predicted molar refractivity (Wildman–Crippen MR) is 119 cm³/mol. The zero-order valence-electron chi connectivity index (χ0n) is 17.3. The molecule has 0 bridgehead atoms. The first-order chi connectivity index (χ1) is 15.1. The van der Waals surface area contributed by atoms with Crippen LogP contribution in [0, 0.1) is 5.92 Å². The van der Waals surface area contributed by atoms with Gasteiger partial charge in [-0.15, -0.1) is 0 Å². The minimum absolute atomic E-state index is 0.130. The highest BCUT2D eigenvalue weighted by Crippen LogP contribution is 2.31. The molecule has 5 nitrogen and oxygen atoms in total. The number of carbonyl (C=O) groups is 3. The fraction of sp³-hybridized carbons (Fsp3) is 0.269. The van der Waals surface area contributed by atoms with Crippen molar-refractivity contribution in [2.45, 2.75) is 12.8 Å². The summed E-state index contributed by atoms with van der Waals surface area (Å²) in [5.74, 6) is -0.0162. The second-order valence-corrected chi connectivity index (χ2v) is 8.44. The number of imide groups is 1. The standard InChI is InChI=1S/C26H24N2O3/c29-23(19-6-2-1-3-7-19)17-27-14-12-18(13-15-27)16-28-25(30)21-10-4-8-20-9-5-11-22(24(20)21)26(28)31/h1-11,18H,12-17H2. The fourth-order valence-corrected chi connectivity index (χ4v) is 4.75. The molecule has 2 aliphatic heterocycles. The van der Waals surface area contributed by atoms with Crippen molar-refractivity contribution < 1.29 is 14.4 Å². The second-order valence-electron chi connectivity index (χ2n) is 8.44. The van der Waals surface area contributed by atoms with Gasteiger partial charge < -0.3 is 0 Å². The Morgan fingerprint density at radius 3 is 2.03 bits per heavy atom. The van der Waals surface area contributed by atoms with Crippen LogP contribution in [0.1, 0.15) is 43.9 Å². The van der Waals surface area contributed by atoms with E-state index in [0.29, 0.717) is 24.2 Å². The highest BCUT2D eigenvalue weighted by Gasteiger charge is 2.34. The molecule has 0 saturated carbocycles. The van der Waals surface area contributed by atoms with E-state index in [1.165, 1.54) is 4.90 Å². The molecule has 0 atom stereocenters. The largest absolute Gasteiger partial charge is 0.296 e. The van der Waals surface area contributed by atoms with Gasteiger partial charge in [-0.2, -0.15) is 0 Å². The quantitative estimate of drug-likeness (QED) is 0.469. The smallest absolute Gasteiger partial charge is 0.261 e. The summed E-state index contributed by atoms with van der Waals surface area (Å²) in [4.78, 5) is 42.3. The van der Waals surface area contributed by atoms with Gasteiger partial charge in [-0.25, -0.2) is 0 Å². The molecule has 1 fully saturated rings. The molecule has 5 heteroatoms. The molecule has 2 amide bonds. The summed E-state index contributed by atoms with van der Waals surface area (Å²) in [6.45, 7) is 2.44. The van der Waals surface area contributed by atoms with Crippen LogP contribution in [0.15, 0.2) is 66.7 Å². The minimum atomic E-state index is -0.198. The van der Waals surface area contributed by atoms with Gasteiger partial charge in [-0.1, -0.05) is 54.6 Å². The van der Waals surface area contributed by atoms with Crippen LogP contribution in [0.3, 0.4) is 0 Å². The number of benzene rings is 3. The minimum Gasteiger partial charge on any atom is -0.296 e. The number of hydrogen-bond acceptors (Lipinski definition) is 4. The van der Waals surface area contributed by atoms with E-state index in [2.05, 4.69) is 4.90 Å². The lowest BCUT2D eigenvalue weighted by atomic mass is 9.91. The third-order valence-electron chi connectivity index (χ3n) is 6.47. The van der Waals surface area contributed by atoms with Crippen LogP contribution in [0.4, 0.5) is 0 Å². The van der Waals surface area contributed by atoms with Crippen LogP contribution >= 0.6 is 0 Å². The second kappa shape index (κ2) is 8.08. The summed E-state index contributed by atoms with van der Waals surface area (Å²) in [7, 11) is 0. The number of amides is 2. The van der Waals surface area contributed by atoms with Gasteiger partial charge in [0.1, 0.15) is 0 Å². The van der Waals surface area contributed by atoms with Gasteiger partial charge in [0.2, 0.25) is 0 Å². The Kier molecular flexibility index (Phi) is 5.12. The van der Waals surface area contributed by atoms with E-state index in [9.17, 15) is 14.4 Å². The molecule has 3 aromatic rings. The van der Waals surface area contributed by atoms with E-state index in [-0.39, 0.29) is 23.5 Å². The van der Waals surface area contributed by atoms with E-state index in [4.69, 9.17) is 0 Å². The number of nitrogens with zero attached hydrogens (tertiary/aromatic N) is 2. The van der Waals surface area contributed by atoms with Crippen molar-refractivity contribution in [1.82, 2.24) is 9.80 Å². The van der Waals surface area contributed by atoms with Crippen molar-refractivity contribution in [1.29, 1.82) is 0 Å². The van der Waals surface area contributed by atoms with Crippen molar-refractivity contribution >= 4 is 28.4 Å². The van der Waals surface area contributed by atoms with Crippen molar-refractivity contribution in [2.75, 3.05) is 26.2 Å². The molecular formula is C26H24N2O3. The van der Waals surface area contributed by atoms with Gasteiger partial charge >= 0.3 is 0 Å². The Morgan fingerprint density at radius 1 is 0.806 bits per heavy atom. The summed E-state index contributed by atoms with van der Waals surface area (Å²) in [6.07, 6.45) is 1.73. The Balaban J connectivity index is 1.24. The summed E-state index contributed by atoms with van der Waals surface area (Å²) in [6, 6.07) is 20.6. The van der Waals surface area contributed by atoms with E-state index in [1.54, 1.807) is 0 Å². The highest BCUT2D eigenvalue weighted by molar-refractivity contribution is 6.25. The number of Topliss-reactive ketones (excluding diaryl/α,β-unsaturated/α-hetero) is 1. The maximum atomic E-state index is 13.1. The topological polar surface area (TPSA) is 57.7 Å². The molecule has 0 spiro atoms. The average Bonchev–Trinajstić information content (AvgIpc) is 2.81. The Labute approximate surface area is 181 Å². The zero-order chi connectivity index (χ0) is 21.4. The van der Waals surface area contributed by atoms with Gasteiger partial charge in [0, 0.05) is 28.6 Å². The lowest BCUT2D eigenvalue weighted by Crippen LogP contribution is -2.46. The molecular weight excluding hydrogens is 388 g/mol. The lowest BCUT2D eigenvalue weighted by molar-refractivity contribution is 0.0555. The van der Waals surface area contributed by atoms with Crippen LogP contribution in [0.25, 0.3) is 10.8 Å². The number of likely N-dealkylation sites (tertiary alicyclic amines) is 1. The first-order valence-corrected chi connectivity index (χ1v) is 10.8. The van der Waals surface area contributed by atoms with Crippen LogP contribution in [-0.4, -0.2) is 53.6 Å². The number of piperidine rings is 1. The van der Waals surface area contributed by atoms with Crippen molar-refractivity contribution in [3.8, 4) is 0 Å². The highest BCUT2D eigenvalue weighted by atomic mass is 16.2. The van der Waals surface area contributed by atoms with E-state index in [0.717, 1.165) is 42.3 Å². The molecule has 3 aromatic carbocycles. The van der Waals surface area contributed by atoms with Crippen molar-refractivity contribution in [3.05, 3.63) is 83.4 Å². The summed E-state index contributed by atoms with van der Waals surface area (Å²) in [5, 5.41) is 1.69. The summed E-state index contributed by atoms with van der Waals surface area (Å²) in [5.41, 5.74) is 1.96. The Morgan fingerprint density at radius 2 is 1.42 bits per heavy atom. The molecule has 0 unspecified atom stereocenters. The van der Waals surface area contributed by atoms with E-state index < -0.39 is 0 Å². The third-order valence-corrected chi connectivity index (χ3v) is 6.47. The van der Waals surface area contributed by atoms with Crippen LogP contribution in [0.5, 0.6) is 0 Å². The molecule has 0 aliphatic carbocycles. The molecule has 2 heterocycles. The summed E-state index contributed by atoms with van der Waals surface area (Å²) < 4.78 is 0. The monoisotopic (exact) mass is 412 g/mol. The van der Waals surface area contributed by atoms with Gasteiger partial charge in [-0.3, -0.25) is 24.2 Å². The molecule has 156 valence electrons. The fourth-order valence-electron chi connectivity index (χ4n) is 4.75. The third kappa shape index (κ3) is 3.66. The molecule has 5 rings (SSSR count). The molecule has 1 saturated heterocycles. The summed E-state index contributed by atoms with van der Waals surface area (Å²) >= 11 is 0. The maximum Gasteiger partial charge on any atom is 0.261 e. The average molecular weight is 412 g/mol. The predicted octanol–water partition coefficient (Wildman–Crippen LogP) is 4.03. The Bertz CT molecular complexity index is 1110. The zero-order valence-corrected chi connectivity index (χ0v) is 17.3. The number of hydrogen-bond donors (Lipinski definition) is 0. The van der Waals surface area contributed by atoms with Gasteiger partial charge in [-0.05, 0) is 49.4 Å². The maximum absolute atomic E-state index is 13.1. The molecule has 2 aliphatic rings. The normalized spacial score (nSPS) is 17.4.